The maximum absolute atomic E-state index is 14.3. The average molecular weight is 768 g/mol. The number of sulfonamides is 1. The summed E-state index contributed by atoms with van der Waals surface area (Å²) in [6.07, 6.45) is -4.91. The molecule has 4 amide bonds. The second kappa shape index (κ2) is 14.1. The van der Waals surface area contributed by atoms with Crippen molar-refractivity contribution in [1.82, 2.24) is 19.8 Å². The first kappa shape index (κ1) is 37.7. The number of fused-ring (bicyclic) bond motifs is 1. The van der Waals surface area contributed by atoms with Crippen LogP contribution >= 0.6 is 11.6 Å². The summed E-state index contributed by atoms with van der Waals surface area (Å²) in [5.41, 5.74) is -0.762. The Kier molecular flexibility index (Phi) is 10.2. The smallest absolute Gasteiger partial charge is 0.416 e. The maximum Gasteiger partial charge on any atom is 0.416 e. The molecule has 5 atom stereocenters. The quantitative estimate of drug-likeness (QED) is 0.295. The van der Waals surface area contributed by atoms with Crippen molar-refractivity contribution in [3.63, 3.8) is 0 Å². The predicted molar refractivity (Wildman–Crippen MR) is 184 cm³/mol. The molecular weight excluding hydrogens is 727 g/mol. The minimum absolute atomic E-state index is 0.0357. The van der Waals surface area contributed by atoms with Crippen LogP contribution in [-0.4, -0.2) is 77.6 Å². The molecule has 0 spiro atoms. The number of rotatable bonds is 11. The minimum Gasteiger partial charge on any atom is -0.444 e. The zero-order valence-electron chi connectivity index (χ0n) is 28.8. The molecule has 282 valence electrons. The van der Waals surface area contributed by atoms with Crippen molar-refractivity contribution < 1.29 is 45.5 Å². The number of likely N-dealkylation sites (tertiary alicyclic amines) is 1. The second-order valence-electron chi connectivity index (χ2n) is 14.4. The molecule has 2 saturated carbocycles. The van der Waals surface area contributed by atoms with Gasteiger partial charge in [-0.2, -0.15) is 13.2 Å². The number of anilines is 1. The van der Waals surface area contributed by atoms with Gasteiger partial charge < -0.3 is 20.3 Å². The third-order valence-corrected chi connectivity index (χ3v) is 12.5. The van der Waals surface area contributed by atoms with Crippen LogP contribution in [0.15, 0.2) is 42.5 Å². The van der Waals surface area contributed by atoms with Crippen molar-refractivity contribution in [2.45, 2.75) is 101 Å². The summed E-state index contributed by atoms with van der Waals surface area (Å²) in [4.78, 5) is 57.9. The normalized spacial score (nSPS) is 24.7. The Morgan fingerprint density at radius 1 is 1.08 bits per heavy atom. The molecule has 3 N–H and O–H groups in total. The zero-order valence-corrected chi connectivity index (χ0v) is 30.4. The van der Waals surface area contributed by atoms with Gasteiger partial charge in [-0.15, -0.1) is 0 Å². The van der Waals surface area contributed by atoms with E-state index in [-0.39, 0.29) is 44.1 Å². The number of nitrogens with zero attached hydrogens (tertiary/aromatic N) is 2. The summed E-state index contributed by atoms with van der Waals surface area (Å²) in [6, 6.07) is 7.38. The number of carbonyl (C=O) groups is 4. The topological polar surface area (TPSA) is 154 Å². The molecule has 3 fully saturated rings. The largest absolute Gasteiger partial charge is 0.444 e. The van der Waals surface area contributed by atoms with Gasteiger partial charge in [-0.3, -0.25) is 24.0 Å². The first-order valence-corrected chi connectivity index (χ1v) is 19.2. The molecule has 2 aromatic rings. The van der Waals surface area contributed by atoms with Gasteiger partial charge in [-0.1, -0.05) is 57.0 Å². The highest BCUT2D eigenvalue weighted by Crippen LogP contribution is 2.47. The third-order valence-electron chi connectivity index (χ3n) is 10.3. The number of carbonyl (C=O) groups excluding carboxylic acids is 4. The number of benzene rings is 2. The Bertz CT molecular complexity index is 1870. The molecule has 2 aliphatic carbocycles. The van der Waals surface area contributed by atoms with Gasteiger partial charge in [0.05, 0.1) is 23.9 Å². The fourth-order valence-electron chi connectivity index (χ4n) is 7.05. The Morgan fingerprint density at radius 2 is 1.79 bits per heavy atom. The highest BCUT2D eigenvalue weighted by molar-refractivity contribution is 7.91. The predicted octanol–water partition coefficient (Wildman–Crippen LogP) is 4.81. The van der Waals surface area contributed by atoms with Crippen LogP contribution in [0.3, 0.4) is 0 Å². The Labute approximate surface area is 304 Å². The number of ether oxygens (including phenoxy) is 1. The van der Waals surface area contributed by atoms with Crippen molar-refractivity contribution >= 4 is 51.1 Å². The van der Waals surface area contributed by atoms with Gasteiger partial charge in [0.1, 0.15) is 23.7 Å². The zero-order chi connectivity index (χ0) is 37.7. The van der Waals surface area contributed by atoms with E-state index in [9.17, 15) is 40.8 Å². The SMILES string of the molecule is CC[C@@H]1C[C@]1(NC(=O)[C@@H]1CC(OC(=O)N2Cc3cccc(Cl)c3C2)CN1C(=O)[C@@H](Nc1cccc(C(F)(F)F)c1)C(C)C)C(=O)NS(=O)(=O)C1CC1. The molecule has 0 radical (unpaired) electrons. The summed E-state index contributed by atoms with van der Waals surface area (Å²) in [5.74, 6) is -3.07. The van der Waals surface area contributed by atoms with Crippen molar-refractivity contribution in [2.24, 2.45) is 11.8 Å². The first-order chi connectivity index (χ1) is 24.4. The number of amides is 4. The number of halogens is 4. The van der Waals surface area contributed by atoms with E-state index in [2.05, 4.69) is 15.4 Å². The van der Waals surface area contributed by atoms with Crippen molar-refractivity contribution in [3.05, 3.63) is 64.2 Å². The molecule has 17 heteroatoms. The Hall–Kier alpha value is -4.05. The van der Waals surface area contributed by atoms with E-state index in [1.165, 1.54) is 21.9 Å². The minimum atomic E-state index is -4.62. The van der Waals surface area contributed by atoms with Crippen LogP contribution < -0.4 is 15.4 Å². The van der Waals surface area contributed by atoms with Gasteiger partial charge >= 0.3 is 12.3 Å². The Balaban J connectivity index is 1.24. The highest BCUT2D eigenvalue weighted by Gasteiger charge is 2.62. The molecule has 2 heterocycles. The van der Waals surface area contributed by atoms with Crippen LogP contribution in [0.25, 0.3) is 0 Å². The summed E-state index contributed by atoms with van der Waals surface area (Å²) < 4.78 is 73.7. The lowest BCUT2D eigenvalue weighted by Gasteiger charge is -2.32. The number of alkyl halides is 3. The van der Waals surface area contributed by atoms with Crippen molar-refractivity contribution in [3.8, 4) is 0 Å². The van der Waals surface area contributed by atoms with Crippen LogP contribution in [0.2, 0.25) is 5.02 Å². The van der Waals surface area contributed by atoms with Gasteiger partial charge in [0, 0.05) is 23.7 Å². The number of hydrogen-bond acceptors (Lipinski definition) is 8. The molecule has 0 bridgehead atoms. The van der Waals surface area contributed by atoms with Crippen LogP contribution in [0.1, 0.15) is 69.6 Å². The van der Waals surface area contributed by atoms with E-state index in [1.54, 1.807) is 32.9 Å². The monoisotopic (exact) mass is 767 g/mol. The summed E-state index contributed by atoms with van der Waals surface area (Å²) in [5, 5.41) is 5.48. The maximum atomic E-state index is 14.3. The van der Waals surface area contributed by atoms with Gasteiger partial charge in [0.15, 0.2) is 0 Å². The van der Waals surface area contributed by atoms with Crippen LogP contribution in [0.5, 0.6) is 0 Å². The molecule has 2 aliphatic heterocycles. The summed E-state index contributed by atoms with van der Waals surface area (Å²) in [7, 11) is -3.92. The van der Waals surface area contributed by atoms with Crippen LogP contribution in [-0.2, 0) is 48.4 Å². The molecular formula is C35H41ClF3N5O7S. The number of hydrogen-bond donors (Lipinski definition) is 3. The molecule has 1 unspecified atom stereocenters. The molecule has 4 aliphatic rings. The van der Waals surface area contributed by atoms with E-state index in [4.69, 9.17) is 16.3 Å². The van der Waals surface area contributed by atoms with Gasteiger partial charge in [0.25, 0.3) is 5.91 Å². The van der Waals surface area contributed by atoms with E-state index < -0.39 is 80.5 Å². The van der Waals surface area contributed by atoms with E-state index in [0.29, 0.717) is 24.3 Å². The molecule has 6 rings (SSSR count). The lowest BCUT2D eigenvalue weighted by Crippen LogP contribution is -2.58. The molecule has 0 aromatic heterocycles. The van der Waals surface area contributed by atoms with Gasteiger partial charge in [-0.25, -0.2) is 13.2 Å². The fourth-order valence-corrected chi connectivity index (χ4v) is 8.67. The Morgan fingerprint density at radius 3 is 2.40 bits per heavy atom. The molecule has 1 saturated heterocycles. The van der Waals surface area contributed by atoms with Crippen molar-refractivity contribution in [1.29, 1.82) is 0 Å². The average Bonchev–Trinajstić information content (AvgIpc) is 3.97. The second-order valence-corrected chi connectivity index (χ2v) is 16.7. The van der Waals surface area contributed by atoms with Gasteiger partial charge in [0.2, 0.25) is 21.8 Å². The van der Waals surface area contributed by atoms with E-state index in [0.717, 1.165) is 23.3 Å². The van der Waals surface area contributed by atoms with Gasteiger partial charge in [-0.05, 0) is 66.5 Å². The number of nitrogens with one attached hydrogen (secondary N) is 3. The molecule has 2 aromatic carbocycles. The lowest BCUT2D eigenvalue weighted by molar-refractivity contribution is -0.140. The first-order valence-electron chi connectivity index (χ1n) is 17.3. The molecule has 52 heavy (non-hydrogen) atoms. The van der Waals surface area contributed by atoms with Crippen molar-refractivity contribution in [2.75, 3.05) is 11.9 Å². The van der Waals surface area contributed by atoms with E-state index in [1.807, 2.05) is 6.07 Å². The van der Waals surface area contributed by atoms with Crippen LogP contribution in [0, 0.1) is 11.8 Å². The lowest BCUT2D eigenvalue weighted by atomic mass is 10.0. The summed E-state index contributed by atoms with van der Waals surface area (Å²) in [6.45, 7) is 5.41. The summed E-state index contributed by atoms with van der Waals surface area (Å²) >= 11 is 6.33. The van der Waals surface area contributed by atoms with E-state index >= 15 is 0 Å². The standard InChI is InChI=1S/C35H41ClF3N5O7S/c1-4-21-15-34(21,32(47)42-52(49,50)25-11-12-25)41-30(45)28-14-24(51-33(48)43-16-20-7-5-10-27(36)26(20)18-43)17-44(28)31(46)29(19(2)3)40-23-9-6-8-22(13-23)35(37,38)39/h5-10,13,19,21,24-25,28-29,40H,4,11-12,14-18H2,1-3H3,(H,41,45)(H,42,47)/t21-,24?,28+,29+,34-/m1/s1. The van der Waals surface area contributed by atoms with Crippen LogP contribution in [0.4, 0.5) is 23.7 Å². The fraction of sp³-hybridized carbons (Fsp3) is 0.543. The third kappa shape index (κ3) is 7.68. The molecule has 12 nitrogen and oxygen atoms in total. The highest BCUT2D eigenvalue weighted by atomic mass is 35.5.